The van der Waals surface area contributed by atoms with E-state index in [0.29, 0.717) is 17.7 Å². The van der Waals surface area contributed by atoms with Crippen LogP contribution in [0.1, 0.15) is 28.5 Å². The summed E-state index contributed by atoms with van der Waals surface area (Å²) >= 11 is 2.88. The number of thioether (sulfide) groups is 1. The van der Waals surface area contributed by atoms with Gasteiger partial charge in [-0.1, -0.05) is 66.7 Å². The molecule has 4 heterocycles. The molecule has 3 aliphatic rings. The van der Waals surface area contributed by atoms with Crippen molar-refractivity contribution in [3.05, 3.63) is 105 Å². The summed E-state index contributed by atoms with van der Waals surface area (Å²) in [7, 11) is -3.10. The van der Waals surface area contributed by atoms with Crippen molar-refractivity contribution in [1.29, 1.82) is 0 Å². The molecule has 10 nitrogen and oxygen atoms in total. The van der Waals surface area contributed by atoms with Crippen LogP contribution in [0.2, 0.25) is 0 Å². The molecule has 2 N–H and O–H groups in total. The molecule has 2 aromatic carbocycles. The second-order valence-electron chi connectivity index (χ2n) is 10.7. The Hall–Kier alpha value is -3.94. The Balaban J connectivity index is 1.26. The fourth-order valence-electron chi connectivity index (χ4n) is 5.39. The highest BCUT2D eigenvalue weighted by atomic mass is 32.2. The van der Waals surface area contributed by atoms with E-state index in [0.717, 1.165) is 16.0 Å². The van der Waals surface area contributed by atoms with Crippen LogP contribution in [-0.2, 0) is 35.4 Å². The number of fused-ring (bicyclic) bond motifs is 1. The lowest BCUT2D eigenvalue weighted by atomic mass is 10.0. The molecule has 0 radical (unpaired) electrons. The molecule has 3 aromatic rings. The van der Waals surface area contributed by atoms with Gasteiger partial charge in [-0.25, -0.2) is 13.2 Å². The Kier molecular flexibility index (Phi) is 8.87. The first-order valence-corrected chi connectivity index (χ1v) is 17.8. The minimum absolute atomic E-state index is 0.0115. The van der Waals surface area contributed by atoms with Crippen LogP contribution in [0, 0.1) is 0 Å². The third-order valence-corrected chi connectivity index (χ3v) is 11.5. The molecule has 2 unspecified atom stereocenters. The highest BCUT2D eigenvalue weighted by Gasteiger charge is 2.54. The minimum atomic E-state index is -3.10. The number of nitrogens with one attached hydrogen (secondary N) is 2. The van der Waals surface area contributed by atoms with Gasteiger partial charge in [-0.05, 0) is 29.0 Å². The number of sulfone groups is 1. The standard InChI is InChI=1S/C31H30N4O6S3/c36-25(16-24-12-7-14-42-24)33-26-29(37)35-27(22(18-43-30(26)35)17-32-34-23-13-15-44(39,40)19-23)31(38)41-28(20-8-3-1-4-9-20)21-10-5-2-6-11-21/h1-12,14,17,23,26,28,30,34H,13,15-16,18-19H2,(H,33,36)/t23?,26?,30-/m1/s1. The van der Waals surface area contributed by atoms with E-state index in [1.807, 2.05) is 78.2 Å². The van der Waals surface area contributed by atoms with Gasteiger partial charge in [0.1, 0.15) is 17.1 Å². The van der Waals surface area contributed by atoms with Gasteiger partial charge in [0.15, 0.2) is 15.9 Å². The zero-order chi connectivity index (χ0) is 30.7. The molecule has 3 aliphatic heterocycles. The highest BCUT2D eigenvalue weighted by molar-refractivity contribution is 8.00. The molecule has 0 saturated carbocycles. The number of amides is 2. The summed E-state index contributed by atoms with van der Waals surface area (Å²) < 4.78 is 29.9. The topological polar surface area (TPSA) is 134 Å². The average molecular weight is 651 g/mol. The fourth-order valence-corrected chi connectivity index (χ4v) is 9.06. The van der Waals surface area contributed by atoms with Gasteiger partial charge in [0.05, 0.1) is 30.2 Å². The van der Waals surface area contributed by atoms with E-state index < -0.39 is 39.2 Å². The molecule has 6 rings (SSSR count). The largest absolute Gasteiger partial charge is 0.448 e. The maximum Gasteiger partial charge on any atom is 0.356 e. The number of hydrogen-bond donors (Lipinski definition) is 2. The van der Waals surface area contributed by atoms with E-state index in [-0.39, 0.29) is 35.6 Å². The van der Waals surface area contributed by atoms with Crippen molar-refractivity contribution in [3.63, 3.8) is 0 Å². The van der Waals surface area contributed by atoms with Gasteiger partial charge in [-0.15, -0.1) is 23.1 Å². The molecule has 0 bridgehead atoms. The van der Waals surface area contributed by atoms with E-state index in [1.54, 1.807) is 0 Å². The van der Waals surface area contributed by atoms with Gasteiger partial charge in [-0.3, -0.25) is 14.5 Å². The zero-order valence-electron chi connectivity index (χ0n) is 23.5. The maximum absolute atomic E-state index is 14.0. The van der Waals surface area contributed by atoms with Crippen molar-refractivity contribution in [2.24, 2.45) is 5.10 Å². The maximum atomic E-state index is 14.0. The monoisotopic (exact) mass is 650 g/mol. The molecule has 3 atom stereocenters. The Labute approximate surface area is 263 Å². The van der Waals surface area contributed by atoms with Crippen molar-refractivity contribution >= 4 is 56.9 Å². The van der Waals surface area contributed by atoms with Crippen molar-refractivity contribution in [2.45, 2.75) is 36.4 Å². The molecule has 13 heteroatoms. The number of hydrazone groups is 1. The van der Waals surface area contributed by atoms with Gasteiger partial charge in [-0.2, -0.15) is 5.10 Å². The summed E-state index contributed by atoms with van der Waals surface area (Å²) in [5.74, 6) is -0.968. The minimum Gasteiger partial charge on any atom is -0.448 e. The predicted octanol–water partition coefficient (Wildman–Crippen LogP) is 3.04. The van der Waals surface area contributed by atoms with Crippen LogP contribution < -0.4 is 10.7 Å². The molecule has 2 amide bonds. The Morgan fingerprint density at radius 2 is 1.75 bits per heavy atom. The Bertz CT molecular complexity index is 1650. The number of carbonyl (C=O) groups is 3. The quantitative estimate of drug-likeness (QED) is 0.148. The summed E-state index contributed by atoms with van der Waals surface area (Å²) in [5.41, 5.74) is 4.93. The zero-order valence-corrected chi connectivity index (χ0v) is 25.9. The second kappa shape index (κ2) is 13.0. The van der Waals surface area contributed by atoms with Crippen LogP contribution in [-0.4, -0.2) is 72.0 Å². The number of esters is 1. The van der Waals surface area contributed by atoms with E-state index in [1.165, 1.54) is 34.2 Å². The van der Waals surface area contributed by atoms with Crippen LogP contribution >= 0.6 is 23.1 Å². The molecular formula is C31H30N4O6S3. The van der Waals surface area contributed by atoms with Gasteiger partial charge in [0.2, 0.25) is 5.91 Å². The molecule has 0 spiro atoms. The first kappa shape index (κ1) is 30.1. The van der Waals surface area contributed by atoms with Crippen molar-refractivity contribution in [2.75, 3.05) is 17.3 Å². The fraction of sp³-hybridized carbons (Fsp3) is 0.290. The molecule has 1 aromatic heterocycles. The normalized spacial score (nSPS) is 22.5. The number of benzene rings is 2. The first-order chi connectivity index (χ1) is 21.3. The lowest BCUT2D eigenvalue weighted by Gasteiger charge is -2.49. The summed E-state index contributed by atoms with van der Waals surface area (Å²) in [4.78, 5) is 42.5. The number of ether oxygens (including phenoxy) is 1. The van der Waals surface area contributed by atoms with Gasteiger partial charge < -0.3 is 15.5 Å². The number of rotatable bonds is 10. The summed E-state index contributed by atoms with van der Waals surface area (Å²) in [6.45, 7) is 0. The lowest BCUT2D eigenvalue weighted by molar-refractivity contribution is -0.154. The molecule has 228 valence electrons. The lowest BCUT2D eigenvalue weighted by Crippen LogP contribution is -2.70. The molecular weight excluding hydrogens is 621 g/mol. The smallest absolute Gasteiger partial charge is 0.356 e. The third-order valence-electron chi connectivity index (χ3n) is 7.56. The SMILES string of the molecule is O=C(Cc1cccs1)NC1C(=O)N2C(C(=O)OC(c3ccccc3)c3ccccc3)=C(C=NNC3CCS(=O)(=O)C3)CS[C@H]12. The predicted molar refractivity (Wildman–Crippen MR) is 170 cm³/mol. The van der Waals surface area contributed by atoms with Crippen LogP contribution in [0.25, 0.3) is 0 Å². The van der Waals surface area contributed by atoms with Gasteiger partial charge >= 0.3 is 5.97 Å². The van der Waals surface area contributed by atoms with Crippen molar-refractivity contribution in [3.8, 4) is 0 Å². The van der Waals surface area contributed by atoms with Gasteiger partial charge in [0, 0.05) is 16.2 Å². The number of β-lactam (4-membered cyclic amide) rings is 1. The third kappa shape index (κ3) is 6.59. The molecule has 0 aliphatic carbocycles. The van der Waals surface area contributed by atoms with Crippen LogP contribution in [0.3, 0.4) is 0 Å². The number of thiophene rings is 1. The molecule has 2 fully saturated rings. The number of carbonyl (C=O) groups excluding carboxylic acids is 3. The summed E-state index contributed by atoms with van der Waals surface area (Å²) in [5, 5.41) is 8.50. The van der Waals surface area contributed by atoms with Crippen molar-refractivity contribution in [1.82, 2.24) is 15.6 Å². The molecule has 2 saturated heterocycles. The first-order valence-electron chi connectivity index (χ1n) is 14.1. The van der Waals surface area contributed by atoms with E-state index >= 15 is 0 Å². The number of nitrogens with zero attached hydrogens (tertiary/aromatic N) is 2. The number of hydrogen-bond acceptors (Lipinski definition) is 10. The van der Waals surface area contributed by atoms with E-state index in [4.69, 9.17) is 4.74 Å². The van der Waals surface area contributed by atoms with Crippen LogP contribution in [0.5, 0.6) is 0 Å². The highest BCUT2D eigenvalue weighted by Crippen LogP contribution is 2.41. The van der Waals surface area contributed by atoms with E-state index in [2.05, 4.69) is 15.8 Å². The van der Waals surface area contributed by atoms with Gasteiger partial charge in [0.25, 0.3) is 5.91 Å². The second-order valence-corrected chi connectivity index (χ2v) is 15.0. The summed E-state index contributed by atoms with van der Waals surface area (Å²) in [6.07, 6.45) is 1.33. The van der Waals surface area contributed by atoms with Crippen molar-refractivity contribution < 1.29 is 27.5 Å². The average Bonchev–Trinajstić information content (AvgIpc) is 3.67. The van der Waals surface area contributed by atoms with Crippen LogP contribution in [0.4, 0.5) is 0 Å². The van der Waals surface area contributed by atoms with E-state index in [9.17, 15) is 22.8 Å². The summed E-state index contributed by atoms with van der Waals surface area (Å²) in [6, 6.07) is 21.3. The Morgan fingerprint density at radius 1 is 1.05 bits per heavy atom. The van der Waals surface area contributed by atoms with Crippen LogP contribution in [0.15, 0.2) is 94.5 Å². The molecule has 44 heavy (non-hydrogen) atoms. The Morgan fingerprint density at radius 3 is 2.36 bits per heavy atom.